The van der Waals surface area contributed by atoms with Crippen molar-refractivity contribution < 1.29 is 4.39 Å². The van der Waals surface area contributed by atoms with Gasteiger partial charge in [-0.2, -0.15) is 0 Å². The lowest BCUT2D eigenvalue weighted by Crippen LogP contribution is -2.21. The van der Waals surface area contributed by atoms with Crippen molar-refractivity contribution in [2.24, 2.45) is 5.92 Å². The number of rotatable bonds is 3. The largest absolute Gasteiger partial charge is 0.385 e. The Kier molecular flexibility index (Phi) is 7.46. The maximum absolute atomic E-state index is 15.1. The van der Waals surface area contributed by atoms with E-state index in [9.17, 15) is 0 Å². The van der Waals surface area contributed by atoms with E-state index in [0.717, 1.165) is 66.1 Å². The summed E-state index contributed by atoms with van der Waals surface area (Å²) < 4.78 is 15.1. The molecule has 1 fully saturated rings. The van der Waals surface area contributed by atoms with Gasteiger partial charge in [-0.1, -0.05) is 43.4 Å². The van der Waals surface area contributed by atoms with Gasteiger partial charge in [0.05, 0.1) is 0 Å². The Bertz CT molecular complexity index is 1390. The van der Waals surface area contributed by atoms with Crippen LogP contribution in [0.2, 0.25) is 0 Å². The highest BCUT2D eigenvalue weighted by molar-refractivity contribution is 8.26. The molecule has 0 aliphatic carbocycles. The zero-order chi connectivity index (χ0) is 26.0. The van der Waals surface area contributed by atoms with Crippen LogP contribution in [0.3, 0.4) is 0 Å². The number of aromatic nitrogens is 1. The van der Waals surface area contributed by atoms with Crippen LogP contribution in [-0.4, -0.2) is 48.9 Å². The molecule has 0 spiro atoms. The molecule has 2 aliphatic heterocycles. The zero-order valence-electron chi connectivity index (χ0n) is 21.6. The van der Waals surface area contributed by atoms with Crippen LogP contribution in [0.15, 0.2) is 55.2 Å². The number of anilines is 2. The van der Waals surface area contributed by atoms with Gasteiger partial charge >= 0.3 is 0 Å². The third-order valence-electron chi connectivity index (χ3n) is 6.45. The molecule has 0 unspecified atom stereocenters. The molecule has 4 nitrogen and oxygen atoms in total. The molecule has 5 rings (SSSR count). The fourth-order valence-corrected chi connectivity index (χ4v) is 4.66. The van der Waals surface area contributed by atoms with Gasteiger partial charge in [0.1, 0.15) is 11.6 Å². The lowest BCUT2D eigenvalue weighted by molar-refractivity contribution is 0.630. The summed E-state index contributed by atoms with van der Waals surface area (Å²) in [6.07, 6.45) is 7.83. The molecular formula is C30H37FN4S. The van der Waals surface area contributed by atoms with Crippen LogP contribution in [0.25, 0.3) is 28.0 Å². The number of halogens is 1. The molecule has 3 heterocycles. The second kappa shape index (κ2) is 10.4. The van der Waals surface area contributed by atoms with E-state index in [2.05, 4.69) is 52.6 Å². The molecular weight excluding hydrogens is 467 g/mol. The molecule has 0 radical (unpaired) electrons. The van der Waals surface area contributed by atoms with Gasteiger partial charge in [-0.25, -0.2) is 18.6 Å². The van der Waals surface area contributed by atoms with Gasteiger partial charge in [-0.05, 0) is 66.7 Å². The Morgan fingerprint density at radius 2 is 1.78 bits per heavy atom. The quantitative estimate of drug-likeness (QED) is 0.429. The fourth-order valence-electron chi connectivity index (χ4n) is 4.66. The summed E-state index contributed by atoms with van der Waals surface area (Å²) in [6.45, 7) is 9.15. The molecule has 1 atom stereocenters. The number of benzene rings is 2. The molecule has 0 saturated carbocycles. The first-order valence-electron chi connectivity index (χ1n) is 12.3. The Morgan fingerprint density at radius 1 is 1.06 bits per heavy atom. The molecule has 2 aliphatic rings. The van der Waals surface area contributed by atoms with E-state index in [0.29, 0.717) is 17.3 Å². The first kappa shape index (κ1) is 25.8. The highest BCUT2D eigenvalue weighted by Crippen LogP contribution is 2.35. The summed E-state index contributed by atoms with van der Waals surface area (Å²) >= 11 is 0. The van der Waals surface area contributed by atoms with Gasteiger partial charge in [-0.15, -0.1) is 0 Å². The zero-order valence-corrected chi connectivity index (χ0v) is 22.4. The standard InChI is InChI=1S/C26H27FN4.C4H10S/c1-16-8-10-31(15-16)21-4-6-23(25(27)13-21)20-12-24(26(28)30-14-20)18-3-5-22-17(2)29-9-7-19(22)11-18;1-5(2,3)4/h3-6,11-14,16,29H,2,7-10,15H2,1H3,(H2,28,30);1-2H2,3-4H3/t16-;/m0./s1. The normalized spacial score (nSPS) is 17.2. The van der Waals surface area contributed by atoms with Crippen molar-refractivity contribution >= 4 is 38.1 Å². The van der Waals surface area contributed by atoms with E-state index in [1.807, 2.05) is 36.8 Å². The van der Waals surface area contributed by atoms with E-state index in [-0.39, 0.29) is 5.82 Å². The highest BCUT2D eigenvalue weighted by Gasteiger charge is 2.20. The molecule has 6 heteroatoms. The van der Waals surface area contributed by atoms with Crippen molar-refractivity contribution in [1.29, 1.82) is 0 Å². The van der Waals surface area contributed by atoms with Crippen LogP contribution in [-0.2, 0) is 6.42 Å². The summed E-state index contributed by atoms with van der Waals surface area (Å²) in [5.41, 5.74) is 13.6. The Morgan fingerprint density at radius 3 is 2.44 bits per heavy atom. The van der Waals surface area contributed by atoms with E-state index in [1.165, 1.54) is 5.56 Å². The molecule has 190 valence electrons. The summed E-state index contributed by atoms with van der Waals surface area (Å²) in [6, 6.07) is 13.7. The van der Waals surface area contributed by atoms with E-state index >= 15 is 4.39 Å². The predicted octanol–water partition coefficient (Wildman–Crippen LogP) is 6.01. The van der Waals surface area contributed by atoms with Crippen LogP contribution in [0, 0.1) is 11.7 Å². The maximum Gasteiger partial charge on any atom is 0.133 e. The maximum atomic E-state index is 15.1. The van der Waals surface area contributed by atoms with Crippen LogP contribution in [0.5, 0.6) is 0 Å². The minimum atomic E-state index is -0.667. The molecule has 0 amide bonds. The van der Waals surface area contributed by atoms with Crippen molar-refractivity contribution in [3.63, 3.8) is 0 Å². The summed E-state index contributed by atoms with van der Waals surface area (Å²) in [5.74, 6) is 8.35. The Hall–Kier alpha value is -3.25. The van der Waals surface area contributed by atoms with E-state index in [4.69, 9.17) is 5.73 Å². The molecule has 1 aromatic heterocycles. The molecule has 0 bridgehead atoms. The number of nitrogen functional groups attached to an aromatic ring is 1. The van der Waals surface area contributed by atoms with Crippen molar-refractivity contribution in [3.05, 3.63) is 72.2 Å². The van der Waals surface area contributed by atoms with Gasteiger partial charge < -0.3 is 16.0 Å². The second-order valence-corrected chi connectivity index (χ2v) is 14.0. The number of nitrogens with zero attached hydrogens (tertiary/aromatic N) is 2. The van der Waals surface area contributed by atoms with Gasteiger partial charge in [0.15, 0.2) is 0 Å². The van der Waals surface area contributed by atoms with E-state index in [1.54, 1.807) is 12.3 Å². The summed E-state index contributed by atoms with van der Waals surface area (Å²) in [5, 5.41) is 3.30. The van der Waals surface area contributed by atoms with Gasteiger partial charge in [-0.3, -0.25) is 0 Å². The minimum absolute atomic E-state index is 0.234. The first-order chi connectivity index (χ1) is 17.0. The van der Waals surface area contributed by atoms with Crippen LogP contribution in [0.4, 0.5) is 15.9 Å². The van der Waals surface area contributed by atoms with Gasteiger partial charge in [0, 0.05) is 59.5 Å². The lowest BCUT2D eigenvalue weighted by atomic mass is 9.93. The third kappa shape index (κ3) is 6.11. The van der Waals surface area contributed by atoms with Gasteiger partial charge in [0.2, 0.25) is 0 Å². The number of hydrogen-bond donors (Lipinski definition) is 2. The average molecular weight is 505 g/mol. The highest BCUT2D eigenvalue weighted by atomic mass is 32.2. The van der Waals surface area contributed by atoms with Crippen LogP contribution < -0.4 is 16.0 Å². The monoisotopic (exact) mass is 504 g/mol. The van der Waals surface area contributed by atoms with Crippen molar-refractivity contribution in [1.82, 2.24) is 10.3 Å². The summed E-state index contributed by atoms with van der Waals surface area (Å²) in [4.78, 5) is 6.63. The smallest absolute Gasteiger partial charge is 0.133 e. The topological polar surface area (TPSA) is 54.2 Å². The molecule has 3 aromatic rings. The number of fused-ring (bicyclic) bond motifs is 1. The second-order valence-electron chi connectivity index (χ2n) is 10.5. The average Bonchev–Trinajstić information content (AvgIpc) is 3.25. The SMILES string of the molecule is C=C1NCCc2cc(-c3cc(-c4ccc(N5CC[C@H](C)C5)cc4F)cnc3N)ccc21.C=S(=C)(C)C. The first-order valence-corrected chi connectivity index (χ1v) is 15.0. The number of hydrogen-bond acceptors (Lipinski definition) is 4. The lowest BCUT2D eigenvalue weighted by Gasteiger charge is -2.21. The van der Waals surface area contributed by atoms with Gasteiger partial charge in [0.25, 0.3) is 0 Å². The van der Waals surface area contributed by atoms with Crippen LogP contribution in [0.1, 0.15) is 24.5 Å². The number of pyridine rings is 1. The number of nitrogens with two attached hydrogens (primary N) is 1. The molecule has 2 aromatic carbocycles. The Balaban J connectivity index is 0.000000556. The molecule has 1 saturated heterocycles. The third-order valence-corrected chi connectivity index (χ3v) is 6.45. The van der Waals surface area contributed by atoms with Crippen LogP contribution >= 0.6 is 9.21 Å². The van der Waals surface area contributed by atoms with E-state index < -0.39 is 9.21 Å². The minimum Gasteiger partial charge on any atom is -0.385 e. The van der Waals surface area contributed by atoms with Crippen molar-refractivity contribution in [3.8, 4) is 22.3 Å². The van der Waals surface area contributed by atoms with Crippen molar-refractivity contribution in [2.75, 3.05) is 42.8 Å². The Labute approximate surface area is 215 Å². The molecule has 3 N–H and O–H groups in total. The fraction of sp³-hybridized carbons (Fsp3) is 0.300. The summed E-state index contributed by atoms with van der Waals surface area (Å²) in [7, 11) is -0.667. The predicted molar refractivity (Wildman–Crippen MR) is 160 cm³/mol. The number of nitrogens with one attached hydrogen (secondary N) is 1. The molecule has 36 heavy (non-hydrogen) atoms. The van der Waals surface area contributed by atoms with Crippen molar-refractivity contribution in [2.45, 2.75) is 19.8 Å².